The molecule has 0 saturated carbocycles. The van der Waals surface area contributed by atoms with Crippen LogP contribution in [0.3, 0.4) is 0 Å². The molecule has 0 saturated heterocycles. The van der Waals surface area contributed by atoms with Crippen molar-refractivity contribution < 1.29 is 0 Å². The van der Waals surface area contributed by atoms with E-state index in [1.54, 1.807) is 0 Å². The third-order valence-electron chi connectivity index (χ3n) is 0.589. The zero-order valence-electron chi connectivity index (χ0n) is 6.49. The van der Waals surface area contributed by atoms with Crippen LogP contribution in [0.4, 0.5) is 0 Å². The van der Waals surface area contributed by atoms with E-state index in [1.807, 2.05) is 0 Å². The third-order valence-corrected chi connectivity index (χ3v) is 3.06. The number of rotatable bonds is 1. The zero-order chi connectivity index (χ0) is 6.78. The molecule has 0 aliphatic rings. The van der Waals surface area contributed by atoms with Crippen LogP contribution < -0.4 is 0 Å². The minimum atomic E-state index is 0.584. The summed E-state index contributed by atoms with van der Waals surface area (Å²) in [6, 6.07) is 0. The van der Waals surface area contributed by atoms with Gasteiger partial charge in [-0.2, -0.15) is 0 Å². The molecule has 0 aromatic rings. The van der Waals surface area contributed by atoms with Gasteiger partial charge in [-0.15, -0.1) is 0 Å². The number of hydrogen-bond acceptors (Lipinski definition) is 0. The molecule has 0 aromatic carbocycles. The molecule has 1 heteroatoms. The van der Waals surface area contributed by atoms with Crippen molar-refractivity contribution in [3.8, 4) is 0 Å². The van der Waals surface area contributed by atoms with Crippen molar-refractivity contribution in [2.24, 2.45) is 0 Å². The summed E-state index contributed by atoms with van der Waals surface area (Å²) >= 11 is 0.812. The van der Waals surface area contributed by atoms with Crippen LogP contribution in [0.25, 0.3) is 0 Å². The standard InChI is InChI=1S/C7H16Se/c1-6(2)8-7(3,4)5/h6H,1-5H3. The molecule has 0 N–H and O–H groups in total. The first-order chi connectivity index (χ1) is 3.42. The van der Waals surface area contributed by atoms with Gasteiger partial charge in [-0.1, -0.05) is 0 Å². The van der Waals surface area contributed by atoms with Crippen molar-refractivity contribution in [1.29, 1.82) is 0 Å². The van der Waals surface area contributed by atoms with E-state index in [2.05, 4.69) is 34.6 Å². The first-order valence-corrected chi connectivity index (χ1v) is 4.94. The fraction of sp³-hybridized carbons (Fsp3) is 1.00. The molecule has 0 atom stereocenters. The van der Waals surface area contributed by atoms with Crippen molar-refractivity contribution in [2.45, 2.75) is 43.7 Å². The van der Waals surface area contributed by atoms with Gasteiger partial charge in [-0.25, -0.2) is 0 Å². The Hall–Kier alpha value is 0.519. The van der Waals surface area contributed by atoms with E-state index < -0.39 is 0 Å². The Morgan fingerprint density at radius 2 is 1.50 bits per heavy atom. The Labute approximate surface area is 59.2 Å². The van der Waals surface area contributed by atoms with Gasteiger partial charge < -0.3 is 0 Å². The van der Waals surface area contributed by atoms with Crippen LogP contribution in [0, 0.1) is 0 Å². The van der Waals surface area contributed by atoms with Gasteiger partial charge in [0.05, 0.1) is 0 Å². The zero-order valence-corrected chi connectivity index (χ0v) is 8.20. The van der Waals surface area contributed by atoms with Crippen LogP contribution in [0.2, 0.25) is 9.13 Å². The summed E-state index contributed by atoms with van der Waals surface area (Å²) in [6.07, 6.45) is 0. The van der Waals surface area contributed by atoms with Crippen molar-refractivity contribution >= 4 is 15.0 Å². The molecule has 0 unspecified atom stereocenters. The van der Waals surface area contributed by atoms with Crippen LogP contribution in [0.1, 0.15) is 34.6 Å². The van der Waals surface area contributed by atoms with Gasteiger partial charge in [0.1, 0.15) is 0 Å². The van der Waals surface area contributed by atoms with Crippen LogP contribution in [-0.2, 0) is 0 Å². The second-order valence-electron chi connectivity index (χ2n) is 3.28. The van der Waals surface area contributed by atoms with Crippen LogP contribution in [-0.4, -0.2) is 15.0 Å². The maximum absolute atomic E-state index is 2.31. The summed E-state index contributed by atoms with van der Waals surface area (Å²) in [5, 5.41) is 0. The molecule has 0 heterocycles. The Morgan fingerprint density at radius 1 is 1.12 bits per heavy atom. The maximum atomic E-state index is 2.31. The van der Waals surface area contributed by atoms with Gasteiger partial charge in [-0.05, 0) is 0 Å². The SMILES string of the molecule is CC(C)[Se]C(C)(C)C. The first-order valence-electron chi connectivity index (χ1n) is 3.09. The topological polar surface area (TPSA) is 0 Å². The van der Waals surface area contributed by atoms with E-state index in [9.17, 15) is 0 Å². The quantitative estimate of drug-likeness (QED) is 0.543. The second-order valence-corrected chi connectivity index (χ2v) is 8.32. The van der Waals surface area contributed by atoms with E-state index in [0.29, 0.717) is 4.31 Å². The fourth-order valence-corrected chi connectivity index (χ4v) is 3.67. The van der Waals surface area contributed by atoms with Crippen LogP contribution >= 0.6 is 0 Å². The molecule has 0 fully saturated rings. The molecule has 0 rings (SSSR count). The summed E-state index contributed by atoms with van der Waals surface area (Å²) in [5.41, 5.74) is 0. The van der Waals surface area contributed by atoms with Gasteiger partial charge in [-0.3, -0.25) is 0 Å². The molecular formula is C7H16Se. The average molecular weight is 179 g/mol. The molecule has 0 bridgehead atoms. The predicted molar refractivity (Wildman–Crippen MR) is 40.6 cm³/mol. The van der Waals surface area contributed by atoms with Crippen molar-refractivity contribution in [3.05, 3.63) is 0 Å². The van der Waals surface area contributed by atoms with Crippen molar-refractivity contribution in [2.75, 3.05) is 0 Å². The molecule has 50 valence electrons. The van der Waals surface area contributed by atoms with Gasteiger partial charge in [0.2, 0.25) is 0 Å². The normalized spacial score (nSPS) is 12.8. The van der Waals surface area contributed by atoms with Gasteiger partial charge >= 0.3 is 58.7 Å². The molecule has 0 aromatic heterocycles. The number of hydrogen-bond donors (Lipinski definition) is 0. The molecule has 0 radical (unpaired) electrons. The predicted octanol–water partition coefficient (Wildman–Crippen LogP) is 2.74. The summed E-state index contributed by atoms with van der Waals surface area (Å²) in [5.74, 6) is 0. The van der Waals surface area contributed by atoms with E-state index in [0.717, 1.165) is 19.8 Å². The molecular weight excluding hydrogens is 163 g/mol. The fourth-order valence-electron chi connectivity index (χ4n) is 0.707. The Kier molecular flexibility index (Phi) is 3.08. The first kappa shape index (κ1) is 8.52. The van der Waals surface area contributed by atoms with E-state index >= 15 is 0 Å². The van der Waals surface area contributed by atoms with E-state index in [1.165, 1.54) is 0 Å². The Bertz CT molecular complexity index is 59.3. The molecule has 0 amide bonds. The summed E-state index contributed by atoms with van der Waals surface area (Å²) in [4.78, 5) is 0.905. The third kappa shape index (κ3) is 6.52. The molecule has 0 aliphatic carbocycles. The van der Waals surface area contributed by atoms with E-state index in [4.69, 9.17) is 0 Å². The Balaban J connectivity index is 3.39. The summed E-state index contributed by atoms with van der Waals surface area (Å²) in [7, 11) is 0. The summed E-state index contributed by atoms with van der Waals surface area (Å²) < 4.78 is 0.584. The van der Waals surface area contributed by atoms with Crippen molar-refractivity contribution in [3.63, 3.8) is 0 Å². The van der Waals surface area contributed by atoms with Gasteiger partial charge in [0.15, 0.2) is 0 Å². The van der Waals surface area contributed by atoms with Gasteiger partial charge in [0, 0.05) is 0 Å². The van der Waals surface area contributed by atoms with Crippen molar-refractivity contribution in [1.82, 2.24) is 0 Å². The average Bonchev–Trinajstić information content (AvgIpc) is 1.21. The molecule has 8 heavy (non-hydrogen) atoms. The summed E-state index contributed by atoms with van der Waals surface area (Å²) in [6.45, 7) is 11.5. The second kappa shape index (κ2) is 2.89. The molecule has 0 nitrogen and oxygen atoms in total. The molecule has 0 aliphatic heterocycles. The van der Waals surface area contributed by atoms with Gasteiger partial charge in [0.25, 0.3) is 0 Å². The van der Waals surface area contributed by atoms with Crippen LogP contribution in [0.5, 0.6) is 0 Å². The minimum absolute atomic E-state index is 0.584. The monoisotopic (exact) mass is 180 g/mol. The van der Waals surface area contributed by atoms with E-state index in [-0.39, 0.29) is 0 Å². The van der Waals surface area contributed by atoms with Crippen LogP contribution in [0.15, 0.2) is 0 Å². The molecule has 0 spiro atoms. The Morgan fingerprint density at radius 3 is 1.50 bits per heavy atom.